The summed E-state index contributed by atoms with van der Waals surface area (Å²) in [7, 11) is 0. The average Bonchev–Trinajstić information content (AvgIpc) is 3.27. The molecule has 2 aliphatic carbocycles. The minimum absolute atomic E-state index is 0.296. The molecule has 0 amide bonds. The van der Waals surface area contributed by atoms with Gasteiger partial charge in [-0.25, -0.2) is 0 Å². The summed E-state index contributed by atoms with van der Waals surface area (Å²) in [6.07, 6.45) is 7.43. The van der Waals surface area contributed by atoms with E-state index in [1.807, 2.05) is 6.66 Å². The van der Waals surface area contributed by atoms with Gasteiger partial charge in [0.15, 0.2) is 0 Å². The van der Waals surface area contributed by atoms with Crippen LogP contribution in [0.1, 0.15) is 48.9 Å². The fraction of sp³-hybridized carbons (Fsp3) is 0.286. The van der Waals surface area contributed by atoms with Crippen molar-refractivity contribution in [1.82, 2.24) is 0 Å². The molecule has 0 unspecified atom stereocenters. The van der Waals surface area contributed by atoms with Crippen LogP contribution in [0.25, 0.3) is 11.1 Å². The Morgan fingerprint density at radius 3 is 1.30 bits per heavy atom. The SMILES string of the molecule is CC1=[C]([Hf]([C]2=C(C)C(c3ccc(C)cc3)=CC2)=[Si](C)C)CC=C1c1ccc(C)cc1. The normalized spacial score (nSPS) is 16.2. The zero-order valence-electron chi connectivity index (χ0n) is 19.2. The van der Waals surface area contributed by atoms with Gasteiger partial charge in [-0.15, -0.1) is 0 Å². The van der Waals surface area contributed by atoms with E-state index in [1.165, 1.54) is 46.2 Å². The Kier molecular flexibility index (Phi) is 6.46. The molecule has 2 heteroatoms. The van der Waals surface area contributed by atoms with Crippen molar-refractivity contribution in [2.45, 2.75) is 53.6 Å². The van der Waals surface area contributed by atoms with Crippen molar-refractivity contribution in [3.05, 3.63) is 101 Å². The Hall–Kier alpha value is -1.51. The van der Waals surface area contributed by atoms with Crippen LogP contribution in [0.4, 0.5) is 0 Å². The summed E-state index contributed by atoms with van der Waals surface area (Å²) in [4.78, 5) is 0. The zero-order chi connectivity index (χ0) is 21.4. The summed E-state index contributed by atoms with van der Waals surface area (Å²) < 4.78 is 3.75. The second-order valence-corrected chi connectivity index (χ2v) is 32.9. The Morgan fingerprint density at radius 2 is 0.967 bits per heavy atom. The van der Waals surface area contributed by atoms with E-state index in [2.05, 4.69) is 101 Å². The van der Waals surface area contributed by atoms with Gasteiger partial charge in [0.05, 0.1) is 0 Å². The molecular weight excluding hydrogens is 543 g/mol. The van der Waals surface area contributed by atoms with Crippen LogP contribution in [0, 0.1) is 13.8 Å². The van der Waals surface area contributed by atoms with Gasteiger partial charge in [0.1, 0.15) is 0 Å². The number of hydrogen-bond acceptors (Lipinski definition) is 0. The molecule has 0 aliphatic heterocycles. The van der Waals surface area contributed by atoms with Crippen molar-refractivity contribution < 1.29 is 20.1 Å². The van der Waals surface area contributed by atoms with E-state index < -0.39 is 20.1 Å². The third kappa shape index (κ3) is 4.14. The van der Waals surface area contributed by atoms with Crippen LogP contribution in [0.3, 0.4) is 0 Å². The van der Waals surface area contributed by atoms with Crippen molar-refractivity contribution in [1.29, 1.82) is 0 Å². The summed E-state index contributed by atoms with van der Waals surface area (Å²) in [6.45, 7) is 14.3. The summed E-state index contributed by atoms with van der Waals surface area (Å²) >= 11 is -2.04. The van der Waals surface area contributed by atoms with Crippen molar-refractivity contribution in [2.24, 2.45) is 0 Å². The molecule has 0 aromatic heterocycles. The molecule has 0 N–H and O–H groups in total. The fourth-order valence-electron chi connectivity index (χ4n) is 4.85. The monoisotopic (exact) mass is 576 g/mol. The third-order valence-corrected chi connectivity index (χ3v) is 31.8. The van der Waals surface area contributed by atoms with Crippen LogP contribution in [0.2, 0.25) is 13.1 Å². The number of allylic oxidation sites excluding steroid dienone is 8. The molecule has 0 atom stereocenters. The molecule has 2 aromatic carbocycles. The van der Waals surface area contributed by atoms with Gasteiger partial charge in [-0.2, -0.15) is 0 Å². The maximum absolute atomic E-state index is 2.58. The molecule has 0 saturated carbocycles. The number of hydrogen-bond donors (Lipinski definition) is 0. The predicted molar refractivity (Wildman–Crippen MR) is 130 cm³/mol. The van der Waals surface area contributed by atoms with Gasteiger partial charge in [0.25, 0.3) is 0 Å². The summed E-state index contributed by atoms with van der Waals surface area (Å²) in [5.74, 6) is 0. The molecule has 30 heavy (non-hydrogen) atoms. The summed E-state index contributed by atoms with van der Waals surface area (Å²) in [5, 5.41) is 0. The second-order valence-electron chi connectivity index (χ2n) is 8.96. The molecule has 2 aromatic rings. The standard InChI is InChI=1S/2C13H13.C2H6Si.Hf/c2*1-10-6-8-12(9-7-10)13-5-3-4-11(13)2;1-3-2;/h2*5-9H,3H2,1-2H3;1-2H3;. The van der Waals surface area contributed by atoms with E-state index in [0.717, 1.165) is 0 Å². The van der Waals surface area contributed by atoms with Crippen molar-refractivity contribution in [3.8, 4) is 0 Å². The van der Waals surface area contributed by atoms with Crippen LogP contribution >= 0.6 is 0 Å². The quantitative estimate of drug-likeness (QED) is 0.325. The van der Waals surface area contributed by atoms with Gasteiger partial charge in [0, 0.05) is 0 Å². The number of benzene rings is 2. The Morgan fingerprint density at radius 1 is 0.600 bits per heavy atom. The maximum atomic E-state index is 2.58. The molecule has 0 heterocycles. The first-order chi connectivity index (χ1) is 14.4. The predicted octanol–water partition coefficient (Wildman–Crippen LogP) is 8.00. The molecule has 0 spiro atoms. The topological polar surface area (TPSA) is 0 Å². The van der Waals surface area contributed by atoms with Gasteiger partial charge in [0.2, 0.25) is 0 Å². The van der Waals surface area contributed by atoms with E-state index in [-0.39, 0.29) is 5.49 Å². The van der Waals surface area contributed by atoms with Gasteiger partial charge in [-0.3, -0.25) is 0 Å². The van der Waals surface area contributed by atoms with E-state index in [1.54, 1.807) is 11.1 Å². The molecule has 0 radical (unpaired) electrons. The van der Waals surface area contributed by atoms with E-state index >= 15 is 0 Å². The fourth-order valence-corrected chi connectivity index (χ4v) is 31.0. The Balaban J connectivity index is 1.71. The Labute approximate surface area is 190 Å². The summed E-state index contributed by atoms with van der Waals surface area (Å²) in [5.41, 5.74) is 11.4. The molecule has 4 rings (SSSR count). The van der Waals surface area contributed by atoms with Crippen molar-refractivity contribution >= 4 is 16.6 Å². The van der Waals surface area contributed by atoms with Gasteiger partial charge in [-0.1, -0.05) is 0 Å². The molecule has 0 fully saturated rings. The van der Waals surface area contributed by atoms with E-state index in [9.17, 15) is 0 Å². The second kappa shape index (κ2) is 8.92. The Bertz CT molecular complexity index is 1060. The molecule has 2 aliphatic rings. The van der Waals surface area contributed by atoms with Crippen LogP contribution in [-0.4, -0.2) is 5.49 Å². The molecule has 0 nitrogen and oxygen atoms in total. The zero-order valence-corrected chi connectivity index (χ0v) is 23.8. The van der Waals surface area contributed by atoms with Gasteiger partial charge >= 0.3 is 191 Å². The van der Waals surface area contributed by atoms with Crippen LogP contribution in [0.15, 0.2) is 78.5 Å². The van der Waals surface area contributed by atoms with E-state index in [4.69, 9.17) is 0 Å². The molecule has 0 saturated heterocycles. The molecule has 0 bridgehead atoms. The first-order valence-electron chi connectivity index (χ1n) is 11.0. The van der Waals surface area contributed by atoms with Gasteiger partial charge in [-0.05, 0) is 0 Å². The van der Waals surface area contributed by atoms with Crippen LogP contribution in [0.5, 0.6) is 0 Å². The average molecular weight is 575 g/mol. The third-order valence-electron chi connectivity index (χ3n) is 6.56. The van der Waals surface area contributed by atoms with Crippen molar-refractivity contribution in [3.63, 3.8) is 0 Å². The van der Waals surface area contributed by atoms with Crippen molar-refractivity contribution in [2.75, 3.05) is 0 Å². The minimum atomic E-state index is -2.04. The first kappa shape index (κ1) is 21.7. The molecule has 152 valence electrons. The molecular formula is C28H32HfSi. The van der Waals surface area contributed by atoms with Gasteiger partial charge < -0.3 is 0 Å². The number of rotatable bonds is 4. The van der Waals surface area contributed by atoms with Crippen LogP contribution < -0.4 is 0 Å². The first-order valence-corrected chi connectivity index (χ1v) is 22.5. The van der Waals surface area contributed by atoms with Crippen LogP contribution in [-0.2, 0) is 20.1 Å². The number of aryl methyl sites for hydroxylation is 2. The van der Waals surface area contributed by atoms with E-state index in [0.29, 0.717) is 0 Å². The summed E-state index contributed by atoms with van der Waals surface area (Å²) in [6, 6.07) is 18.2.